The summed E-state index contributed by atoms with van der Waals surface area (Å²) in [7, 11) is 1.49. The Morgan fingerprint density at radius 1 is 1.21 bits per heavy atom. The molecule has 24 heavy (non-hydrogen) atoms. The van der Waals surface area contributed by atoms with E-state index in [1.54, 1.807) is 24.7 Å². The van der Waals surface area contributed by atoms with Gasteiger partial charge in [0.2, 0.25) is 5.95 Å². The standard InChI is InChI=1S/C16H13N5O3/c1-24-15-5-4-12(21(22)23)9-14(15)20-16-18-8-6-13(19-16)11-3-2-7-17-10-11/h2-10H,1H3,(H,18,19,20). The number of aromatic nitrogens is 3. The minimum Gasteiger partial charge on any atom is -0.495 e. The molecule has 0 unspecified atom stereocenters. The van der Waals surface area contributed by atoms with Crippen molar-refractivity contribution < 1.29 is 9.66 Å². The maximum atomic E-state index is 10.9. The van der Waals surface area contributed by atoms with Crippen molar-refractivity contribution in [3.63, 3.8) is 0 Å². The van der Waals surface area contributed by atoms with Crippen molar-refractivity contribution in [2.45, 2.75) is 0 Å². The van der Waals surface area contributed by atoms with Gasteiger partial charge in [-0.2, -0.15) is 0 Å². The van der Waals surface area contributed by atoms with E-state index in [1.807, 2.05) is 12.1 Å². The third-order valence-corrected chi connectivity index (χ3v) is 3.25. The van der Waals surface area contributed by atoms with Gasteiger partial charge in [0.1, 0.15) is 5.75 Å². The normalized spacial score (nSPS) is 10.2. The molecule has 0 saturated heterocycles. The lowest BCUT2D eigenvalue weighted by Gasteiger charge is -2.10. The summed E-state index contributed by atoms with van der Waals surface area (Å²) < 4.78 is 5.22. The SMILES string of the molecule is COc1ccc([N+](=O)[O-])cc1Nc1nccc(-c2cccnc2)n1. The molecule has 0 fully saturated rings. The molecule has 2 heterocycles. The quantitative estimate of drug-likeness (QED) is 0.568. The van der Waals surface area contributed by atoms with Crippen molar-refractivity contribution in [3.05, 3.63) is 65.1 Å². The van der Waals surface area contributed by atoms with Gasteiger partial charge in [0, 0.05) is 36.3 Å². The van der Waals surface area contributed by atoms with Gasteiger partial charge in [-0.25, -0.2) is 9.97 Å². The van der Waals surface area contributed by atoms with Gasteiger partial charge in [0.25, 0.3) is 5.69 Å². The molecule has 1 aromatic carbocycles. The first-order valence-corrected chi connectivity index (χ1v) is 7.00. The third-order valence-electron chi connectivity index (χ3n) is 3.25. The van der Waals surface area contributed by atoms with Crippen molar-refractivity contribution in [2.75, 3.05) is 12.4 Å². The Morgan fingerprint density at radius 2 is 2.08 bits per heavy atom. The van der Waals surface area contributed by atoms with Crippen LogP contribution in [-0.4, -0.2) is 27.0 Å². The van der Waals surface area contributed by atoms with Crippen LogP contribution in [0.5, 0.6) is 5.75 Å². The number of ether oxygens (including phenoxy) is 1. The van der Waals surface area contributed by atoms with Gasteiger partial charge in [0.05, 0.1) is 23.4 Å². The Hall–Kier alpha value is -3.55. The predicted molar refractivity (Wildman–Crippen MR) is 88.2 cm³/mol. The minimum absolute atomic E-state index is 0.0540. The minimum atomic E-state index is -0.475. The number of nitrogens with one attached hydrogen (secondary N) is 1. The van der Waals surface area contributed by atoms with E-state index in [1.165, 1.54) is 25.3 Å². The van der Waals surface area contributed by atoms with Crippen LogP contribution < -0.4 is 10.1 Å². The van der Waals surface area contributed by atoms with Crippen LogP contribution in [-0.2, 0) is 0 Å². The van der Waals surface area contributed by atoms with Crippen molar-refractivity contribution in [1.29, 1.82) is 0 Å². The summed E-state index contributed by atoms with van der Waals surface area (Å²) in [6.07, 6.45) is 4.97. The van der Waals surface area contributed by atoms with E-state index in [0.717, 1.165) is 5.56 Å². The highest BCUT2D eigenvalue weighted by Crippen LogP contribution is 2.30. The van der Waals surface area contributed by atoms with E-state index >= 15 is 0 Å². The average Bonchev–Trinajstić information content (AvgIpc) is 2.62. The van der Waals surface area contributed by atoms with Crippen molar-refractivity contribution in [2.24, 2.45) is 0 Å². The molecular weight excluding hydrogens is 310 g/mol. The van der Waals surface area contributed by atoms with E-state index in [2.05, 4.69) is 20.3 Å². The van der Waals surface area contributed by atoms with Gasteiger partial charge in [-0.3, -0.25) is 15.1 Å². The number of methoxy groups -OCH3 is 1. The molecule has 0 radical (unpaired) electrons. The van der Waals surface area contributed by atoms with Crippen LogP contribution in [0.25, 0.3) is 11.3 Å². The molecule has 0 aliphatic carbocycles. The molecule has 0 atom stereocenters. The van der Waals surface area contributed by atoms with Gasteiger partial charge in [0.15, 0.2) is 0 Å². The highest BCUT2D eigenvalue weighted by atomic mass is 16.6. The lowest BCUT2D eigenvalue weighted by Crippen LogP contribution is -2.01. The van der Waals surface area contributed by atoms with Crippen molar-refractivity contribution >= 4 is 17.3 Å². The number of non-ortho nitro benzene ring substituents is 1. The molecule has 0 aliphatic rings. The lowest BCUT2D eigenvalue weighted by molar-refractivity contribution is -0.384. The number of benzene rings is 1. The fourth-order valence-electron chi connectivity index (χ4n) is 2.12. The molecule has 8 heteroatoms. The summed E-state index contributed by atoms with van der Waals surface area (Å²) in [6, 6.07) is 9.72. The summed E-state index contributed by atoms with van der Waals surface area (Å²) >= 11 is 0. The maximum Gasteiger partial charge on any atom is 0.271 e. The second-order valence-corrected chi connectivity index (χ2v) is 4.77. The average molecular weight is 323 g/mol. The number of nitrogens with zero attached hydrogens (tertiary/aromatic N) is 4. The van der Waals surface area contributed by atoms with Crippen molar-refractivity contribution in [3.8, 4) is 17.0 Å². The maximum absolute atomic E-state index is 10.9. The van der Waals surface area contributed by atoms with E-state index in [0.29, 0.717) is 23.1 Å². The van der Waals surface area contributed by atoms with Crippen LogP contribution in [0.15, 0.2) is 55.0 Å². The Kier molecular flexibility index (Phi) is 4.28. The molecule has 0 saturated carbocycles. The highest BCUT2D eigenvalue weighted by Gasteiger charge is 2.12. The molecule has 0 spiro atoms. The zero-order valence-corrected chi connectivity index (χ0v) is 12.7. The number of nitro groups is 1. The molecule has 0 amide bonds. The molecule has 1 N–H and O–H groups in total. The lowest BCUT2D eigenvalue weighted by atomic mass is 10.2. The number of nitro benzene ring substituents is 1. The zero-order valence-electron chi connectivity index (χ0n) is 12.7. The monoisotopic (exact) mass is 323 g/mol. The Labute approximate surface area is 137 Å². The second kappa shape index (κ2) is 6.69. The predicted octanol–water partition coefficient (Wildman–Crippen LogP) is 3.20. The second-order valence-electron chi connectivity index (χ2n) is 4.77. The van der Waals surface area contributed by atoms with Gasteiger partial charge >= 0.3 is 0 Å². The van der Waals surface area contributed by atoms with E-state index < -0.39 is 4.92 Å². The molecule has 8 nitrogen and oxygen atoms in total. The van der Waals surface area contributed by atoms with Crippen LogP contribution >= 0.6 is 0 Å². The zero-order chi connectivity index (χ0) is 16.9. The summed E-state index contributed by atoms with van der Waals surface area (Å²) in [6.45, 7) is 0. The first-order chi connectivity index (χ1) is 11.7. The fourth-order valence-corrected chi connectivity index (χ4v) is 2.12. The van der Waals surface area contributed by atoms with Crippen molar-refractivity contribution in [1.82, 2.24) is 15.0 Å². The number of hydrogen-bond donors (Lipinski definition) is 1. The Balaban J connectivity index is 1.94. The van der Waals surface area contributed by atoms with E-state index in [-0.39, 0.29) is 5.69 Å². The highest BCUT2D eigenvalue weighted by molar-refractivity contribution is 5.67. The summed E-state index contributed by atoms with van der Waals surface area (Å²) in [5, 5.41) is 13.9. The summed E-state index contributed by atoms with van der Waals surface area (Å²) in [5.74, 6) is 0.756. The first kappa shape index (κ1) is 15.3. The van der Waals surface area contributed by atoms with Gasteiger partial charge < -0.3 is 10.1 Å². The molecule has 3 rings (SSSR count). The van der Waals surface area contributed by atoms with Gasteiger partial charge in [-0.05, 0) is 24.3 Å². The van der Waals surface area contributed by atoms with Crippen LogP contribution in [0.2, 0.25) is 0 Å². The van der Waals surface area contributed by atoms with Crippen LogP contribution in [0, 0.1) is 10.1 Å². The van der Waals surface area contributed by atoms with E-state index in [4.69, 9.17) is 4.74 Å². The van der Waals surface area contributed by atoms with Crippen LogP contribution in [0.1, 0.15) is 0 Å². The molecular formula is C16H13N5O3. The third kappa shape index (κ3) is 3.27. The molecule has 120 valence electrons. The number of anilines is 2. The van der Waals surface area contributed by atoms with Crippen LogP contribution in [0.3, 0.4) is 0 Å². The smallest absolute Gasteiger partial charge is 0.271 e. The topological polar surface area (TPSA) is 103 Å². The fraction of sp³-hybridized carbons (Fsp3) is 0.0625. The van der Waals surface area contributed by atoms with Gasteiger partial charge in [-0.1, -0.05) is 0 Å². The van der Waals surface area contributed by atoms with Crippen LogP contribution in [0.4, 0.5) is 17.3 Å². The Bertz CT molecular complexity index is 871. The molecule has 2 aromatic heterocycles. The largest absolute Gasteiger partial charge is 0.495 e. The molecule has 0 aliphatic heterocycles. The summed E-state index contributed by atoms with van der Waals surface area (Å²) in [5.41, 5.74) is 1.88. The number of pyridine rings is 1. The molecule has 3 aromatic rings. The van der Waals surface area contributed by atoms with Gasteiger partial charge in [-0.15, -0.1) is 0 Å². The first-order valence-electron chi connectivity index (χ1n) is 7.00. The number of hydrogen-bond acceptors (Lipinski definition) is 7. The summed E-state index contributed by atoms with van der Waals surface area (Å²) in [4.78, 5) is 23.1. The molecule has 0 bridgehead atoms. The Morgan fingerprint density at radius 3 is 2.79 bits per heavy atom. The number of rotatable bonds is 5. The van der Waals surface area contributed by atoms with E-state index in [9.17, 15) is 10.1 Å².